The molecule has 4 nitrogen and oxygen atoms in total. The molecule has 0 spiro atoms. The zero-order valence-electron chi connectivity index (χ0n) is 13.1. The number of alkyl carbamates (subject to hydrolysis) is 1. The molecule has 1 rings (SSSR count). The number of thiophene rings is 1. The molecule has 0 aliphatic heterocycles. The molecule has 0 fully saturated rings. The molecule has 1 amide bonds. The van der Waals surface area contributed by atoms with Gasteiger partial charge in [0.1, 0.15) is 5.60 Å². The van der Waals surface area contributed by atoms with Gasteiger partial charge in [-0.05, 0) is 49.7 Å². The first-order valence-corrected chi connectivity index (χ1v) is 8.40. The Morgan fingerprint density at radius 1 is 1.36 bits per heavy atom. The predicted molar refractivity (Wildman–Crippen MR) is 87.6 cm³/mol. The largest absolute Gasteiger partial charge is 0.444 e. The van der Waals surface area contributed by atoms with Gasteiger partial charge < -0.3 is 15.4 Å². The maximum Gasteiger partial charge on any atom is 0.407 e. The lowest BCUT2D eigenvalue weighted by atomic mass is 10.2. The molecule has 0 aromatic carbocycles. The second-order valence-electron chi connectivity index (χ2n) is 5.93. The van der Waals surface area contributed by atoms with Crippen molar-refractivity contribution in [2.24, 2.45) is 0 Å². The van der Waals surface area contributed by atoms with Gasteiger partial charge >= 0.3 is 6.09 Å². The van der Waals surface area contributed by atoms with E-state index in [-0.39, 0.29) is 0 Å². The topological polar surface area (TPSA) is 50.4 Å². The monoisotopic (exact) mass is 398 g/mol. The second kappa shape index (κ2) is 7.70. The van der Waals surface area contributed by atoms with E-state index in [1.165, 1.54) is 0 Å². The molecular weight excluding hydrogens is 378 g/mol. The Morgan fingerprint density at radius 3 is 2.50 bits per heavy atom. The molecule has 0 saturated carbocycles. The van der Waals surface area contributed by atoms with Crippen LogP contribution in [0, 0.1) is 6.92 Å². The SMILES string of the molecule is Cc1sc(CNCC(F)(F)CNC(=O)OC(C)(C)C)cc1Br. The van der Waals surface area contributed by atoms with Crippen molar-refractivity contribution in [2.75, 3.05) is 13.1 Å². The summed E-state index contributed by atoms with van der Waals surface area (Å²) in [5.41, 5.74) is -0.706. The number of ether oxygens (including phenoxy) is 1. The molecule has 0 radical (unpaired) electrons. The van der Waals surface area contributed by atoms with Crippen LogP contribution in [0.3, 0.4) is 0 Å². The summed E-state index contributed by atoms with van der Waals surface area (Å²) in [6, 6.07) is 1.91. The molecule has 8 heteroatoms. The van der Waals surface area contributed by atoms with E-state index >= 15 is 0 Å². The number of amides is 1. The van der Waals surface area contributed by atoms with Gasteiger partial charge in [-0.1, -0.05) is 0 Å². The number of alkyl halides is 2. The zero-order valence-corrected chi connectivity index (χ0v) is 15.5. The second-order valence-corrected chi connectivity index (χ2v) is 8.13. The highest BCUT2D eigenvalue weighted by Gasteiger charge is 2.30. The predicted octanol–water partition coefficient (Wildman–Crippen LogP) is 4.07. The van der Waals surface area contributed by atoms with Crippen LogP contribution >= 0.6 is 27.3 Å². The Hall–Kier alpha value is -0.730. The van der Waals surface area contributed by atoms with Crippen LogP contribution in [0.5, 0.6) is 0 Å². The molecule has 0 unspecified atom stereocenters. The molecule has 0 aliphatic carbocycles. The van der Waals surface area contributed by atoms with Crippen molar-refractivity contribution >= 4 is 33.4 Å². The normalized spacial score (nSPS) is 12.3. The smallest absolute Gasteiger partial charge is 0.407 e. The highest BCUT2D eigenvalue weighted by molar-refractivity contribution is 9.10. The minimum atomic E-state index is -3.04. The molecule has 0 atom stereocenters. The summed E-state index contributed by atoms with van der Waals surface area (Å²) >= 11 is 4.93. The molecule has 0 bridgehead atoms. The third-order valence-electron chi connectivity index (χ3n) is 2.48. The van der Waals surface area contributed by atoms with E-state index in [1.807, 2.05) is 13.0 Å². The maximum atomic E-state index is 13.7. The number of nitrogens with one attached hydrogen (secondary N) is 2. The highest BCUT2D eigenvalue weighted by atomic mass is 79.9. The average Bonchev–Trinajstić information content (AvgIpc) is 2.64. The van der Waals surface area contributed by atoms with Crippen LogP contribution in [0.1, 0.15) is 30.5 Å². The van der Waals surface area contributed by atoms with E-state index in [0.29, 0.717) is 6.54 Å². The van der Waals surface area contributed by atoms with E-state index < -0.39 is 30.7 Å². The van der Waals surface area contributed by atoms with Crippen LogP contribution in [0.25, 0.3) is 0 Å². The number of hydrogen-bond acceptors (Lipinski definition) is 4. The van der Waals surface area contributed by atoms with E-state index in [4.69, 9.17) is 4.74 Å². The molecule has 22 heavy (non-hydrogen) atoms. The number of carbonyl (C=O) groups excluding carboxylic acids is 1. The van der Waals surface area contributed by atoms with Crippen LogP contribution < -0.4 is 10.6 Å². The lowest BCUT2D eigenvalue weighted by Crippen LogP contribution is -2.44. The molecule has 2 N–H and O–H groups in total. The van der Waals surface area contributed by atoms with E-state index in [0.717, 1.165) is 14.2 Å². The fourth-order valence-electron chi connectivity index (χ4n) is 1.55. The average molecular weight is 399 g/mol. The van der Waals surface area contributed by atoms with Gasteiger partial charge in [-0.25, -0.2) is 13.6 Å². The Balaban J connectivity index is 2.33. The van der Waals surface area contributed by atoms with Crippen LogP contribution in [0.4, 0.5) is 13.6 Å². The van der Waals surface area contributed by atoms with Crippen LogP contribution in [0.15, 0.2) is 10.5 Å². The fourth-order valence-corrected chi connectivity index (χ4v) is 3.12. The molecule has 1 heterocycles. The van der Waals surface area contributed by atoms with Gasteiger partial charge in [0.25, 0.3) is 5.92 Å². The van der Waals surface area contributed by atoms with Crippen molar-refractivity contribution in [2.45, 2.75) is 45.8 Å². The van der Waals surface area contributed by atoms with Gasteiger partial charge in [-0.2, -0.15) is 0 Å². The molecular formula is C14H21BrF2N2O2S. The van der Waals surface area contributed by atoms with E-state index in [2.05, 4.69) is 26.6 Å². The first-order valence-electron chi connectivity index (χ1n) is 6.79. The highest BCUT2D eigenvalue weighted by Crippen LogP contribution is 2.26. The quantitative estimate of drug-likeness (QED) is 0.759. The Morgan fingerprint density at radius 2 is 2.00 bits per heavy atom. The minimum Gasteiger partial charge on any atom is -0.444 e. The lowest BCUT2D eigenvalue weighted by molar-refractivity contribution is -0.00372. The number of carbonyl (C=O) groups is 1. The van der Waals surface area contributed by atoms with Crippen LogP contribution in [-0.4, -0.2) is 30.7 Å². The summed E-state index contributed by atoms with van der Waals surface area (Å²) in [6.07, 6.45) is -0.843. The summed E-state index contributed by atoms with van der Waals surface area (Å²) in [5, 5.41) is 4.79. The summed E-state index contributed by atoms with van der Waals surface area (Å²) in [6.45, 7) is 6.06. The van der Waals surface area contributed by atoms with Crippen LogP contribution in [-0.2, 0) is 11.3 Å². The Labute approximate surface area is 141 Å². The molecule has 1 aromatic heterocycles. The summed E-state index contributed by atoms with van der Waals surface area (Å²) < 4.78 is 33.2. The van der Waals surface area contributed by atoms with Crippen molar-refractivity contribution in [3.05, 3.63) is 20.3 Å². The van der Waals surface area contributed by atoms with Crippen molar-refractivity contribution in [3.8, 4) is 0 Å². The fraction of sp³-hybridized carbons (Fsp3) is 0.643. The lowest BCUT2D eigenvalue weighted by Gasteiger charge is -2.22. The van der Waals surface area contributed by atoms with Gasteiger partial charge in [-0.15, -0.1) is 11.3 Å². The third kappa shape index (κ3) is 7.51. The van der Waals surface area contributed by atoms with Gasteiger partial charge in [0.2, 0.25) is 0 Å². The minimum absolute atomic E-state index is 0.360. The summed E-state index contributed by atoms with van der Waals surface area (Å²) in [5.74, 6) is -3.04. The molecule has 0 saturated heterocycles. The number of hydrogen-bond donors (Lipinski definition) is 2. The van der Waals surface area contributed by atoms with Gasteiger partial charge in [0.15, 0.2) is 0 Å². The molecule has 126 valence electrons. The molecule has 1 aromatic rings. The number of rotatable bonds is 6. The van der Waals surface area contributed by atoms with Crippen molar-refractivity contribution in [1.82, 2.24) is 10.6 Å². The van der Waals surface area contributed by atoms with Crippen molar-refractivity contribution < 1.29 is 18.3 Å². The van der Waals surface area contributed by atoms with E-state index in [9.17, 15) is 13.6 Å². The van der Waals surface area contributed by atoms with Crippen molar-refractivity contribution in [3.63, 3.8) is 0 Å². The van der Waals surface area contributed by atoms with E-state index in [1.54, 1.807) is 32.1 Å². The summed E-state index contributed by atoms with van der Waals surface area (Å²) in [7, 11) is 0. The summed E-state index contributed by atoms with van der Waals surface area (Å²) in [4.78, 5) is 13.4. The van der Waals surface area contributed by atoms with Gasteiger partial charge in [0.05, 0.1) is 13.1 Å². The first kappa shape index (κ1) is 19.3. The Kier molecular flexibility index (Phi) is 6.76. The van der Waals surface area contributed by atoms with Crippen LogP contribution in [0.2, 0.25) is 0 Å². The number of aryl methyl sites for hydroxylation is 1. The number of halogens is 3. The van der Waals surface area contributed by atoms with Gasteiger partial charge in [0, 0.05) is 20.8 Å². The third-order valence-corrected chi connectivity index (χ3v) is 4.62. The van der Waals surface area contributed by atoms with Gasteiger partial charge in [-0.3, -0.25) is 0 Å². The van der Waals surface area contributed by atoms with Crippen molar-refractivity contribution in [1.29, 1.82) is 0 Å². The molecule has 0 aliphatic rings. The standard InChI is InChI=1S/C14H21BrF2N2O2S/c1-9-11(15)5-10(22-9)6-18-7-14(16,17)8-19-12(20)21-13(2,3)4/h5,18H,6-8H2,1-4H3,(H,19,20). The maximum absolute atomic E-state index is 13.7. The zero-order chi connectivity index (χ0) is 17.0. The Bertz CT molecular complexity index is 496. The first-order chi connectivity index (χ1) is 9.98.